The van der Waals surface area contributed by atoms with E-state index >= 15 is 0 Å². The van der Waals surface area contributed by atoms with E-state index in [0.717, 1.165) is 22.4 Å². The van der Waals surface area contributed by atoms with Crippen LogP contribution in [0.3, 0.4) is 0 Å². The molecule has 30 heavy (non-hydrogen) atoms. The van der Waals surface area contributed by atoms with Crippen LogP contribution in [0.4, 0.5) is 5.82 Å². The Kier molecular flexibility index (Phi) is 5.62. The molecule has 0 saturated carbocycles. The number of pyridine rings is 1. The molecule has 1 aliphatic heterocycles. The lowest BCUT2D eigenvalue weighted by Gasteiger charge is -2.34. The van der Waals surface area contributed by atoms with Crippen LogP contribution in [0, 0.1) is 6.92 Å². The molecule has 9 nitrogen and oxygen atoms in total. The average Bonchev–Trinajstić information content (AvgIpc) is 3.12. The zero-order chi connectivity index (χ0) is 21.1. The van der Waals surface area contributed by atoms with Crippen LogP contribution in [-0.2, 0) is 16.1 Å². The van der Waals surface area contributed by atoms with E-state index in [9.17, 15) is 9.59 Å². The molecule has 9 heteroatoms. The minimum Gasteiger partial charge on any atom is -0.496 e. The lowest BCUT2D eigenvalue weighted by atomic mass is 10.1. The van der Waals surface area contributed by atoms with Crippen LogP contribution in [-0.4, -0.2) is 58.1 Å². The Bertz CT molecular complexity index is 1080. The third-order valence-electron chi connectivity index (χ3n) is 5.21. The van der Waals surface area contributed by atoms with Gasteiger partial charge in [-0.05, 0) is 25.1 Å². The van der Waals surface area contributed by atoms with E-state index < -0.39 is 6.04 Å². The molecule has 0 bridgehead atoms. The second kappa shape index (κ2) is 8.50. The van der Waals surface area contributed by atoms with E-state index in [4.69, 9.17) is 4.74 Å². The number of aromatic nitrogens is 3. The number of para-hydroxylation sites is 1. The molecular formula is C21H24N6O3. The number of aryl methyl sites for hydroxylation is 1. The molecule has 2 amide bonds. The van der Waals surface area contributed by atoms with Crippen molar-refractivity contribution in [1.82, 2.24) is 25.4 Å². The number of fused-ring (bicyclic) bond motifs is 1. The molecule has 0 aliphatic carbocycles. The van der Waals surface area contributed by atoms with Crippen molar-refractivity contribution in [2.24, 2.45) is 0 Å². The average molecular weight is 408 g/mol. The van der Waals surface area contributed by atoms with Crippen molar-refractivity contribution in [2.75, 3.05) is 25.5 Å². The molecule has 3 aromatic rings. The lowest BCUT2D eigenvalue weighted by molar-refractivity contribution is -0.132. The number of carbonyl (C=O) groups is 2. The Labute approximate surface area is 173 Å². The summed E-state index contributed by atoms with van der Waals surface area (Å²) in [5.74, 6) is 0.735. The van der Waals surface area contributed by atoms with Crippen LogP contribution in [0.15, 0.2) is 36.4 Å². The van der Waals surface area contributed by atoms with Crippen LogP contribution in [0.25, 0.3) is 11.0 Å². The maximum absolute atomic E-state index is 12.7. The molecule has 3 heterocycles. The number of hydrogen-bond acceptors (Lipinski definition) is 6. The third-order valence-corrected chi connectivity index (χ3v) is 5.21. The normalized spacial score (nSPS) is 17.0. The standard InChI is InChI=1S/C21H24N6O3/c1-13-7-8-15-19(23-13)25-26-20(15)24-18(28)11-16-21(29)22-9-10-27(16)12-14-5-3-4-6-17(14)30-2/h3-8,16H,9-12H2,1-2H3,(H,22,29)(H2,23,24,25,26,28). The topological polar surface area (TPSA) is 112 Å². The molecule has 4 rings (SSSR count). The summed E-state index contributed by atoms with van der Waals surface area (Å²) in [5.41, 5.74) is 2.44. The number of ether oxygens (including phenoxy) is 1. The van der Waals surface area contributed by atoms with Crippen LogP contribution in [0.5, 0.6) is 5.75 Å². The minimum absolute atomic E-state index is 0.0224. The van der Waals surface area contributed by atoms with Gasteiger partial charge in [-0.3, -0.25) is 19.6 Å². The van der Waals surface area contributed by atoms with Gasteiger partial charge in [0.05, 0.1) is 25.0 Å². The highest BCUT2D eigenvalue weighted by Crippen LogP contribution is 2.23. The van der Waals surface area contributed by atoms with E-state index in [1.54, 1.807) is 7.11 Å². The van der Waals surface area contributed by atoms with Crippen LogP contribution >= 0.6 is 0 Å². The Balaban J connectivity index is 1.48. The van der Waals surface area contributed by atoms with Gasteiger partial charge in [0.25, 0.3) is 0 Å². The number of benzene rings is 1. The highest BCUT2D eigenvalue weighted by molar-refractivity contribution is 6.00. The summed E-state index contributed by atoms with van der Waals surface area (Å²) >= 11 is 0. The Morgan fingerprint density at radius 2 is 2.13 bits per heavy atom. The number of nitrogens with one attached hydrogen (secondary N) is 3. The Hall–Kier alpha value is -3.46. The number of methoxy groups -OCH3 is 1. The molecule has 1 aliphatic rings. The van der Waals surface area contributed by atoms with Crippen molar-refractivity contribution in [3.8, 4) is 5.75 Å². The van der Waals surface area contributed by atoms with Crippen LogP contribution in [0.1, 0.15) is 17.7 Å². The van der Waals surface area contributed by atoms with Gasteiger partial charge in [0.1, 0.15) is 5.75 Å². The van der Waals surface area contributed by atoms with Gasteiger partial charge in [-0.1, -0.05) is 18.2 Å². The maximum atomic E-state index is 12.7. The van der Waals surface area contributed by atoms with E-state index in [1.165, 1.54) is 0 Å². The summed E-state index contributed by atoms with van der Waals surface area (Å²) in [6.45, 7) is 3.60. The maximum Gasteiger partial charge on any atom is 0.237 e. The number of piperazine rings is 1. The number of nitrogens with zero attached hydrogens (tertiary/aromatic N) is 3. The number of carbonyl (C=O) groups excluding carboxylic acids is 2. The summed E-state index contributed by atoms with van der Waals surface area (Å²) in [6.07, 6.45) is 0.0224. The smallest absolute Gasteiger partial charge is 0.237 e. The molecule has 3 N–H and O–H groups in total. The molecule has 0 spiro atoms. The van der Waals surface area contributed by atoms with Gasteiger partial charge in [-0.2, -0.15) is 5.10 Å². The second-order valence-corrected chi connectivity index (χ2v) is 7.26. The molecule has 1 aromatic carbocycles. The molecule has 1 saturated heterocycles. The number of aromatic amines is 1. The van der Waals surface area contributed by atoms with E-state index in [0.29, 0.717) is 31.1 Å². The van der Waals surface area contributed by atoms with Crippen molar-refractivity contribution in [1.29, 1.82) is 0 Å². The Morgan fingerprint density at radius 3 is 2.97 bits per heavy atom. The SMILES string of the molecule is COc1ccccc1CN1CCNC(=O)C1CC(=O)Nc1n[nH]c2nc(C)ccc12. The van der Waals surface area contributed by atoms with E-state index in [-0.39, 0.29) is 18.2 Å². The number of anilines is 1. The quantitative estimate of drug-likeness (QED) is 0.571. The molecule has 1 unspecified atom stereocenters. The number of rotatable bonds is 6. The first-order chi connectivity index (χ1) is 14.5. The van der Waals surface area contributed by atoms with Crippen molar-refractivity contribution < 1.29 is 14.3 Å². The molecule has 1 atom stereocenters. The molecule has 1 fully saturated rings. The fourth-order valence-electron chi connectivity index (χ4n) is 3.68. The molecule has 156 valence electrons. The van der Waals surface area contributed by atoms with Gasteiger partial charge in [-0.15, -0.1) is 0 Å². The first-order valence-electron chi connectivity index (χ1n) is 9.80. The first kappa shape index (κ1) is 19.8. The summed E-state index contributed by atoms with van der Waals surface area (Å²) in [6, 6.07) is 10.8. The fraction of sp³-hybridized carbons (Fsp3) is 0.333. The third kappa shape index (κ3) is 4.11. The minimum atomic E-state index is -0.575. The van der Waals surface area contributed by atoms with Crippen molar-refractivity contribution in [3.63, 3.8) is 0 Å². The number of hydrogen-bond donors (Lipinski definition) is 3. The highest BCUT2D eigenvalue weighted by Gasteiger charge is 2.32. The lowest BCUT2D eigenvalue weighted by Crippen LogP contribution is -2.55. The van der Waals surface area contributed by atoms with E-state index in [2.05, 4.69) is 25.8 Å². The molecular weight excluding hydrogens is 384 g/mol. The van der Waals surface area contributed by atoms with Crippen molar-refractivity contribution in [3.05, 3.63) is 47.7 Å². The monoisotopic (exact) mass is 408 g/mol. The summed E-state index contributed by atoms with van der Waals surface area (Å²) in [4.78, 5) is 31.6. The zero-order valence-corrected chi connectivity index (χ0v) is 16.9. The summed E-state index contributed by atoms with van der Waals surface area (Å²) < 4.78 is 5.43. The van der Waals surface area contributed by atoms with Crippen molar-refractivity contribution in [2.45, 2.75) is 25.9 Å². The van der Waals surface area contributed by atoms with E-state index in [1.807, 2.05) is 48.2 Å². The zero-order valence-electron chi connectivity index (χ0n) is 16.9. The van der Waals surface area contributed by atoms with Gasteiger partial charge >= 0.3 is 0 Å². The number of amides is 2. The van der Waals surface area contributed by atoms with Gasteiger partial charge in [0.15, 0.2) is 11.5 Å². The highest BCUT2D eigenvalue weighted by atomic mass is 16.5. The van der Waals surface area contributed by atoms with Gasteiger partial charge in [-0.25, -0.2) is 4.98 Å². The van der Waals surface area contributed by atoms with Crippen LogP contribution in [0.2, 0.25) is 0 Å². The first-order valence-corrected chi connectivity index (χ1v) is 9.80. The predicted molar refractivity (Wildman–Crippen MR) is 112 cm³/mol. The van der Waals surface area contributed by atoms with Crippen LogP contribution < -0.4 is 15.4 Å². The van der Waals surface area contributed by atoms with Crippen molar-refractivity contribution >= 4 is 28.7 Å². The molecule has 2 aromatic heterocycles. The summed E-state index contributed by atoms with van der Waals surface area (Å²) in [5, 5.41) is 13.4. The van der Waals surface area contributed by atoms with Gasteiger partial charge < -0.3 is 15.4 Å². The second-order valence-electron chi connectivity index (χ2n) is 7.26. The summed E-state index contributed by atoms with van der Waals surface area (Å²) in [7, 11) is 1.62. The largest absolute Gasteiger partial charge is 0.496 e. The fourth-order valence-corrected chi connectivity index (χ4v) is 3.68. The number of H-pyrrole nitrogens is 1. The van der Waals surface area contributed by atoms with Gasteiger partial charge in [0.2, 0.25) is 11.8 Å². The van der Waals surface area contributed by atoms with Gasteiger partial charge in [0, 0.05) is 30.9 Å². The predicted octanol–water partition coefficient (Wildman–Crippen LogP) is 1.60. The Morgan fingerprint density at radius 1 is 1.30 bits per heavy atom. The molecule has 0 radical (unpaired) electrons.